The molecule has 5 rings (SSSR count). The number of benzene rings is 1. The van der Waals surface area contributed by atoms with Gasteiger partial charge in [0.2, 0.25) is 11.7 Å². The molecule has 0 radical (unpaired) electrons. The Balaban J connectivity index is 1.13. The van der Waals surface area contributed by atoms with Crippen LogP contribution in [0.15, 0.2) is 53.2 Å². The molecule has 8 heteroatoms. The number of piperazine rings is 1. The topological polar surface area (TPSA) is 70.8 Å². The van der Waals surface area contributed by atoms with E-state index in [0.29, 0.717) is 30.8 Å². The summed E-state index contributed by atoms with van der Waals surface area (Å²) in [5, 5.41) is 4.23. The van der Waals surface area contributed by atoms with Crippen LogP contribution in [0.2, 0.25) is 0 Å². The van der Waals surface area contributed by atoms with Gasteiger partial charge >= 0.3 is 0 Å². The van der Waals surface area contributed by atoms with Crippen LogP contribution in [0.5, 0.6) is 5.75 Å². The summed E-state index contributed by atoms with van der Waals surface area (Å²) in [5.74, 6) is 3.83. The largest absolute Gasteiger partial charge is 0.493 e. The maximum Gasteiger partial charge on any atom is 0.241 e. The molecule has 2 fully saturated rings. The first-order chi connectivity index (χ1) is 16.8. The van der Waals surface area contributed by atoms with E-state index < -0.39 is 0 Å². The first-order valence-electron chi connectivity index (χ1n) is 12.4. The van der Waals surface area contributed by atoms with Crippen LogP contribution in [0.1, 0.15) is 25.7 Å². The lowest BCUT2D eigenvalue weighted by atomic mass is 9.97. The minimum atomic E-state index is 0.596. The minimum Gasteiger partial charge on any atom is -0.493 e. The van der Waals surface area contributed by atoms with Gasteiger partial charge in [-0.15, -0.1) is 0 Å². The average Bonchev–Trinajstić information content (AvgIpc) is 3.34. The smallest absolute Gasteiger partial charge is 0.241 e. The van der Waals surface area contributed by atoms with Crippen molar-refractivity contribution in [3.8, 4) is 17.1 Å². The highest BCUT2D eigenvalue weighted by molar-refractivity contribution is 5.63. The molecular formula is C26H34N6O2. The molecular weight excluding hydrogens is 428 g/mol. The van der Waals surface area contributed by atoms with Gasteiger partial charge in [0, 0.05) is 45.5 Å². The molecule has 0 amide bonds. The second-order valence-electron chi connectivity index (χ2n) is 9.16. The summed E-state index contributed by atoms with van der Waals surface area (Å²) in [6.07, 6.45) is 4.38. The van der Waals surface area contributed by atoms with Crippen LogP contribution in [0.25, 0.3) is 11.4 Å². The summed E-state index contributed by atoms with van der Waals surface area (Å²) in [5.41, 5.74) is 0.876. The molecule has 8 nitrogen and oxygen atoms in total. The van der Waals surface area contributed by atoms with Crippen LogP contribution in [-0.4, -0.2) is 77.3 Å². The van der Waals surface area contributed by atoms with E-state index in [1.165, 1.54) is 12.8 Å². The molecule has 0 saturated carbocycles. The number of nitrogens with zero attached hydrogens (tertiary/aromatic N) is 6. The van der Waals surface area contributed by atoms with Crippen LogP contribution in [0.3, 0.4) is 0 Å². The lowest BCUT2D eigenvalue weighted by Crippen LogP contribution is -2.49. The Hall–Kier alpha value is -2.97. The number of ether oxygens (including phenoxy) is 1. The van der Waals surface area contributed by atoms with Crippen molar-refractivity contribution in [3.63, 3.8) is 0 Å². The molecule has 1 atom stereocenters. The van der Waals surface area contributed by atoms with Gasteiger partial charge in [-0.3, -0.25) is 9.80 Å². The van der Waals surface area contributed by atoms with Crippen LogP contribution >= 0.6 is 0 Å². The molecule has 1 aromatic carbocycles. The molecule has 2 aliphatic heterocycles. The van der Waals surface area contributed by atoms with E-state index in [4.69, 9.17) is 9.26 Å². The quantitative estimate of drug-likeness (QED) is 0.503. The molecule has 0 aliphatic carbocycles. The zero-order valence-electron chi connectivity index (χ0n) is 20.0. The summed E-state index contributed by atoms with van der Waals surface area (Å²) in [4.78, 5) is 16.6. The Kier molecular flexibility index (Phi) is 7.36. The summed E-state index contributed by atoms with van der Waals surface area (Å²) in [6, 6.07) is 14.0. The number of rotatable bonds is 8. The number of para-hydroxylation sites is 1. The second-order valence-corrected chi connectivity index (χ2v) is 9.16. The number of hydrogen-bond acceptors (Lipinski definition) is 8. The molecule has 0 N–H and O–H groups in total. The first-order valence-corrected chi connectivity index (χ1v) is 12.4. The lowest BCUT2D eigenvalue weighted by molar-refractivity contribution is 0.115. The first kappa shape index (κ1) is 22.8. The molecule has 1 unspecified atom stereocenters. The summed E-state index contributed by atoms with van der Waals surface area (Å²) >= 11 is 0. The minimum absolute atomic E-state index is 0.596. The van der Waals surface area contributed by atoms with E-state index in [0.717, 1.165) is 62.9 Å². The van der Waals surface area contributed by atoms with Crippen LogP contribution in [-0.2, 0) is 6.54 Å². The van der Waals surface area contributed by atoms with Crippen LogP contribution in [0, 0.1) is 5.92 Å². The number of pyridine rings is 1. The number of hydrogen-bond donors (Lipinski definition) is 0. The third kappa shape index (κ3) is 5.56. The van der Waals surface area contributed by atoms with Gasteiger partial charge in [-0.1, -0.05) is 23.4 Å². The Morgan fingerprint density at radius 1 is 1.00 bits per heavy atom. The fourth-order valence-corrected chi connectivity index (χ4v) is 5.06. The van der Waals surface area contributed by atoms with Crippen LogP contribution < -0.4 is 9.64 Å². The Bertz CT molecular complexity index is 1030. The van der Waals surface area contributed by atoms with E-state index in [1.807, 2.05) is 43.5 Å². The van der Waals surface area contributed by atoms with E-state index in [1.54, 1.807) is 0 Å². The monoisotopic (exact) mass is 462 g/mol. The number of likely N-dealkylation sites (tertiary alicyclic amines) is 1. The SMILES string of the molecule is CCOc1ccccc1-c1noc(CN2CCCC(CN3CCN(c4ccccn4)CC3)C2)n1. The zero-order chi connectivity index (χ0) is 23.2. The third-order valence-electron chi connectivity index (χ3n) is 6.72. The molecule has 4 heterocycles. The van der Waals surface area contributed by atoms with Crippen molar-refractivity contribution >= 4 is 5.82 Å². The lowest BCUT2D eigenvalue weighted by Gasteiger charge is -2.39. The zero-order valence-corrected chi connectivity index (χ0v) is 20.0. The van der Waals surface area contributed by atoms with Gasteiger partial charge in [0.25, 0.3) is 0 Å². The standard InChI is InChI=1S/C26H34N6O2/c1-2-33-23-10-4-3-9-22(23)26-28-25(34-29-26)20-31-13-7-8-21(19-31)18-30-14-16-32(17-15-30)24-11-5-6-12-27-24/h3-6,9-12,21H,2,7-8,13-20H2,1H3. The summed E-state index contributed by atoms with van der Waals surface area (Å²) in [6.45, 7) is 10.9. The fourth-order valence-electron chi connectivity index (χ4n) is 5.06. The second kappa shape index (κ2) is 11.0. The van der Waals surface area contributed by atoms with E-state index >= 15 is 0 Å². The highest BCUT2D eigenvalue weighted by Crippen LogP contribution is 2.28. The average molecular weight is 463 g/mol. The molecule has 0 bridgehead atoms. The van der Waals surface area contributed by atoms with Gasteiger partial charge in [0.05, 0.1) is 18.7 Å². The maximum atomic E-state index is 5.73. The highest BCUT2D eigenvalue weighted by Gasteiger charge is 2.26. The molecule has 34 heavy (non-hydrogen) atoms. The number of aromatic nitrogens is 3. The Labute approximate surface area is 201 Å². The van der Waals surface area contributed by atoms with E-state index in [9.17, 15) is 0 Å². The molecule has 2 saturated heterocycles. The van der Waals surface area contributed by atoms with Crippen molar-refractivity contribution in [3.05, 3.63) is 54.6 Å². The van der Waals surface area contributed by atoms with Crippen molar-refractivity contribution in [1.82, 2.24) is 24.9 Å². The third-order valence-corrected chi connectivity index (χ3v) is 6.72. The number of anilines is 1. The molecule has 180 valence electrons. The van der Waals surface area contributed by atoms with Gasteiger partial charge in [-0.2, -0.15) is 4.98 Å². The Morgan fingerprint density at radius 2 is 1.85 bits per heavy atom. The molecule has 2 aliphatic rings. The van der Waals surface area contributed by atoms with Crippen molar-refractivity contribution in [2.45, 2.75) is 26.3 Å². The maximum absolute atomic E-state index is 5.73. The Morgan fingerprint density at radius 3 is 2.68 bits per heavy atom. The van der Waals surface area contributed by atoms with Gasteiger partial charge in [-0.25, -0.2) is 4.98 Å². The number of piperidine rings is 1. The predicted octanol–water partition coefficient (Wildman–Crippen LogP) is 3.56. The molecule has 3 aromatic rings. The van der Waals surface area contributed by atoms with Crippen molar-refractivity contribution in [1.29, 1.82) is 0 Å². The van der Waals surface area contributed by atoms with E-state index in [-0.39, 0.29) is 0 Å². The van der Waals surface area contributed by atoms with Crippen molar-refractivity contribution in [2.24, 2.45) is 5.92 Å². The van der Waals surface area contributed by atoms with Crippen molar-refractivity contribution < 1.29 is 9.26 Å². The van der Waals surface area contributed by atoms with Crippen molar-refractivity contribution in [2.75, 3.05) is 57.3 Å². The predicted molar refractivity (Wildman–Crippen MR) is 132 cm³/mol. The summed E-state index contributed by atoms with van der Waals surface area (Å²) < 4.78 is 11.3. The van der Waals surface area contributed by atoms with Gasteiger partial charge in [-0.05, 0) is 56.5 Å². The highest BCUT2D eigenvalue weighted by atomic mass is 16.5. The summed E-state index contributed by atoms with van der Waals surface area (Å²) in [7, 11) is 0. The fraction of sp³-hybridized carbons (Fsp3) is 0.500. The van der Waals surface area contributed by atoms with Gasteiger partial charge < -0.3 is 14.2 Å². The molecule has 2 aromatic heterocycles. The van der Waals surface area contributed by atoms with Gasteiger partial charge in [0.1, 0.15) is 11.6 Å². The molecule has 0 spiro atoms. The van der Waals surface area contributed by atoms with Gasteiger partial charge in [0.15, 0.2) is 0 Å². The van der Waals surface area contributed by atoms with E-state index in [2.05, 4.69) is 42.0 Å². The normalized spacial score (nSPS) is 19.9. The van der Waals surface area contributed by atoms with Crippen LogP contribution in [0.4, 0.5) is 5.82 Å².